The minimum atomic E-state index is -1.07. The van der Waals surface area contributed by atoms with Crippen LogP contribution >= 0.6 is 0 Å². The molecule has 2 rings (SSSR count). The molecule has 1 aromatic heterocycles. The number of fused-ring (bicyclic) bond motifs is 1. The standard InChI is InChI=1S/C11H13N3O3/c12-8(11(15)16)5-7-6-3-1-2-4-9(6)13-10(7)14-17/h1-4,8,13-14,17H,5,12H2,(H,15,16). The molecule has 0 aliphatic heterocycles. The summed E-state index contributed by atoms with van der Waals surface area (Å²) in [6.07, 6.45) is 0.141. The third-order valence-electron chi connectivity index (χ3n) is 2.67. The first kappa shape index (κ1) is 11.4. The van der Waals surface area contributed by atoms with Gasteiger partial charge in [-0.2, -0.15) is 0 Å². The predicted octanol–water partition coefficient (Wildman–Crippen LogP) is 0.923. The van der Waals surface area contributed by atoms with Crippen molar-refractivity contribution in [3.8, 4) is 0 Å². The van der Waals surface area contributed by atoms with Gasteiger partial charge in [-0.05, 0) is 6.07 Å². The number of H-pyrrole nitrogens is 1. The van der Waals surface area contributed by atoms with Crippen molar-refractivity contribution < 1.29 is 15.1 Å². The Kier molecular flexibility index (Phi) is 2.99. The SMILES string of the molecule is NC(Cc1c(NO)[nH]c2ccccc12)C(=O)O. The van der Waals surface area contributed by atoms with E-state index in [1.54, 1.807) is 0 Å². The maximum atomic E-state index is 10.7. The fraction of sp³-hybridized carbons (Fsp3) is 0.182. The van der Waals surface area contributed by atoms with Crippen molar-refractivity contribution in [3.63, 3.8) is 0 Å². The van der Waals surface area contributed by atoms with E-state index in [1.165, 1.54) is 0 Å². The van der Waals surface area contributed by atoms with Gasteiger partial charge in [-0.3, -0.25) is 15.5 Å². The first-order valence-electron chi connectivity index (χ1n) is 5.11. The molecule has 0 fully saturated rings. The highest BCUT2D eigenvalue weighted by atomic mass is 16.5. The maximum absolute atomic E-state index is 10.7. The van der Waals surface area contributed by atoms with Crippen molar-refractivity contribution in [1.29, 1.82) is 0 Å². The molecule has 1 heterocycles. The van der Waals surface area contributed by atoms with Crippen LogP contribution in [0.1, 0.15) is 5.56 Å². The second-order valence-electron chi connectivity index (χ2n) is 3.78. The molecule has 1 unspecified atom stereocenters. The lowest BCUT2D eigenvalue weighted by Crippen LogP contribution is -2.32. The van der Waals surface area contributed by atoms with Crippen molar-refractivity contribution in [2.24, 2.45) is 5.73 Å². The van der Waals surface area contributed by atoms with Gasteiger partial charge >= 0.3 is 5.97 Å². The highest BCUT2D eigenvalue weighted by Gasteiger charge is 2.18. The molecule has 6 heteroatoms. The number of aromatic amines is 1. The smallest absolute Gasteiger partial charge is 0.320 e. The van der Waals surface area contributed by atoms with Crippen LogP contribution in [0.25, 0.3) is 10.9 Å². The molecule has 0 radical (unpaired) electrons. The number of anilines is 1. The van der Waals surface area contributed by atoms with Gasteiger partial charge in [0.2, 0.25) is 0 Å². The van der Waals surface area contributed by atoms with E-state index < -0.39 is 12.0 Å². The number of para-hydroxylation sites is 1. The fourth-order valence-electron chi connectivity index (χ4n) is 1.81. The molecule has 1 aromatic carbocycles. The monoisotopic (exact) mass is 235 g/mol. The lowest BCUT2D eigenvalue weighted by Gasteiger charge is -2.07. The molecule has 2 aromatic rings. The summed E-state index contributed by atoms with van der Waals surface area (Å²) in [5.74, 6) is -0.693. The fourth-order valence-corrected chi connectivity index (χ4v) is 1.81. The Morgan fingerprint density at radius 3 is 2.82 bits per heavy atom. The molecule has 0 aliphatic rings. The number of carbonyl (C=O) groups is 1. The van der Waals surface area contributed by atoms with E-state index in [1.807, 2.05) is 29.7 Å². The van der Waals surface area contributed by atoms with Gasteiger partial charge in [0.05, 0.1) is 0 Å². The Hall–Kier alpha value is -2.05. The summed E-state index contributed by atoms with van der Waals surface area (Å²) in [6.45, 7) is 0. The van der Waals surface area contributed by atoms with Crippen LogP contribution in [0.2, 0.25) is 0 Å². The molecule has 0 spiro atoms. The van der Waals surface area contributed by atoms with Crippen LogP contribution in [0, 0.1) is 0 Å². The first-order chi connectivity index (χ1) is 8.13. The summed E-state index contributed by atoms with van der Waals surface area (Å²) >= 11 is 0. The molecule has 0 bridgehead atoms. The minimum absolute atomic E-state index is 0.141. The van der Waals surface area contributed by atoms with Crippen molar-refractivity contribution in [3.05, 3.63) is 29.8 Å². The molecule has 1 atom stereocenters. The lowest BCUT2D eigenvalue weighted by molar-refractivity contribution is -0.138. The number of aliphatic carboxylic acids is 1. The first-order valence-corrected chi connectivity index (χ1v) is 5.11. The zero-order chi connectivity index (χ0) is 12.4. The summed E-state index contributed by atoms with van der Waals surface area (Å²) in [6, 6.07) is 6.37. The van der Waals surface area contributed by atoms with Gasteiger partial charge in [-0.15, -0.1) is 0 Å². The second-order valence-corrected chi connectivity index (χ2v) is 3.78. The average molecular weight is 235 g/mol. The quantitative estimate of drug-likeness (QED) is 0.506. The lowest BCUT2D eigenvalue weighted by atomic mass is 10.0. The van der Waals surface area contributed by atoms with Gasteiger partial charge in [-0.25, -0.2) is 0 Å². The van der Waals surface area contributed by atoms with E-state index in [-0.39, 0.29) is 6.42 Å². The van der Waals surface area contributed by atoms with Crippen molar-refractivity contribution in [2.75, 3.05) is 5.48 Å². The van der Waals surface area contributed by atoms with Crippen LogP contribution in [0.3, 0.4) is 0 Å². The zero-order valence-corrected chi connectivity index (χ0v) is 8.97. The van der Waals surface area contributed by atoms with Crippen LogP contribution in [-0.2, 0) is 11.2 Å². The van der Waals surface area contributed by atoms with Gasteiger partial charge in [-0.1, -0.05) is 18.2 Å². The number of rotatable bonds is 4. The average Bonchev–Trinajstić information content (AvgIpc) is 2.67. The topological polar surface area (TPSA) is 111 Å². The predicted molar refractivity (Wildman–Crippen MR) is 63.0 cm³/mol. The summed E-state index contributed by atoms with van der Waals surface area (Å²) in [4.78, 5) is 13.7. The molecule has 6 nitrogen and oxygen atoms in total. The second kappa shape index (κ2) is 4.44. The van der Waals surface area contributed by atoms with Crippen molar-refractivity contribution in [1.82, 2.24) is 4.98 Å². The Balaban J connectivity index is 2.46. The van der Waals surface area contributed by atoms with Crippen LogP contribution in [0.5, 0.6) is 0 Å². The number of carboxylic acid groups (broad SMARTS) is 1. The van der Waals surface area contributed by atoms with E-state index in [4.69, 9.17) is 16.0 Å². The number of hydrogen-bond acceptors (Lipinski definition) is 4. The molecule has 0 aliphatic carbocycles. The molecular formula is C11H13N3O3. The van der Waals surface area contributed by atoms with Crippen molar-refractivity contribution >= 4 is 22.7 Å². The zero-order valence-electron chi connectivity index (χ0n) is 8.97. The van der Waals surface area contributed by atoms with E-state index in [9.17, 15) is 4.79 Å². The van der Waals surface area contributed by atoms with E-state index in [0.29, 0.717) is 11.4 Å². The van der Waals surface area contributed by atoms with Crippen LogP contribution in [0.4, 0.5) is 5.82 Å². The molecule has 90 valence electrons. The maximum Gasteiger partial charge on any atom is 0.320 e. The highest BCUT2D eigenvalue weighted by molar-refractivity contribution is 5.89. The molecular weight excluding hydrogens is 222 g/mol. The number of carboxylic acids is 1. The molecule has 17 heavy (non-hydrogen) atoms. The van der Waals surface area contributed by atoms with E-state index in [0.717, 1.165) is 10.9 Å². The third-order valence-corrected chi connectivity index (χ3v) is 2.67. The molecule has 0 saturated heterocycles. The van der Waals surface area contributed by atoms with Gasteiger partial charge in [0.25, 0.3) is 0 Å². The summed E-state index contributed by atoms with van der Waals surface area (Å²) in [5, 5.41) is 18.6. The van der Waals surface area contributed by atoms with E-state index >= 15 is 0 Å². The summed E-state index contributed by atoms with van der Waals surface area (Å²) < 4.78 is 0. The highest BCUT2D eigenvalue weighted by Crippen LogP contribution is 2.26. The normalized spacial score (nSPS) is 12.6. The summed E-state index contributed by atoms with van der Waals surface area (Å²) in [5.41, 5.74) is 9.01. The van der Waals surface area contributed by atoms with Gasteiger partial charge in [0.15, 0.2) is 0 Å². The number of nitrogens with two attached hydrogens (primary N) is 1. The Morgan fingerprint density at radius 2 is 2.18 bits per heavy atom. The number of nitrogens with one attached hydrogen (secondary N) is 2. The van der Waals surface area contributed by atoms with Gasteiger partial charge in [0.1, 0.15) is 11.9 Å². The van der Waals surface area contributed by atoms with Crippen LogP contribution in [0.15, 0.2) is 24.3 Å². The Morgan fingerprint density at radius 1 is 1.47 bits per heavy atom. The van der Waals surface area contributed by atoms with Crippen LogP contribution < -0.4 is 11.2 Å². The third kappa shape index (κ3) is 2.08. The minimum Gasteiger partial charge on any atom is -0.480 e. The number of benzene rings is 1. The van der Waals surface area contributed by atoms with Gasteiger partial charge < -0.3 is 15.8 Å². The summed E-state index contributed by atoms with van der Waals surface area (Å²) in [7, 11) is 0. The molecule has 0 saturated carbocycles. The van der Waals surface area contributed by atoms with E-state index in [2.05, 4.69) is 4.98 Å². The van der Waals surface area contributed by atoms with Crippen molar-refractivity contribution in [2.45, 2.75) is 12.5 Å². The molecule has 6 N–H and O–H groups in total. The Bertz CT molecular complexity index is 550. The van der Waals surface area contributed by atoms with Gasteiger partial charge in [0, 0.05) is 22.9 Å². The number of hydrogen-bond donors (Lipinski definition) is 5. The number of aromatic nitrogens is 1. The van der Waals surface area contributed by atoms with Crippen LogP contribution in [-0.4, -0.2) is 27.3 Å². The molecule has 0 amide bonds. The Labute approximate surface area is 97.0 Å². The largest absolute Gasteiger partial charge is 0.480 e.